The van der Waals surface area contributed by atoms with Crippen LogP contribution < -0.4 is 10.6 Å². The van der Waals surface area contributed by atoms with Crippen LogP contribution >= 0.6 is 0 Å². The monoisotopic (exact) mass is 416 g/mol. The summed E-state index contributed by atoms with van der Waals surface area (Å²) in [7, 11) is 0. The zero-order valence-corrected chi connectivity index (χ0v) is 20.2. The zero-order chi connectivity index (χ0) is 22.6. The Hall–Kier alpha value is -1.68. The summed E-state index contributed by atoms with van der Waals surface area (Å²) in [5.41, 5.74) is 1.09. The Kier molecular flexibility index (Phi) is 11.3. The maximum atomic E-state index is 12.3. The van der Waals surface area contributed by atoms with Crippen LogP contribution in [0.15, 0.2) is 24.3 Å². The first-order chi connectivity index (χ1) is 14.0. The summed E-state index contributed by atoms with van der Waals surface area (Å²) in [5, 5.41) is 6.52. The molecule has 1 aromatic carbocycles. The summed E-state index contributed by atoms with van der Waals surface area (Å²) < 4.78 is 0. The van der Waals surface area contributed by atoms with Crippen LogP contribution in [0.3, 0.4) is 0 Å². The summed E-state index contributed by atoms with van der Waals surface area (Å²) >= 11 is 0. The van der Waals surface area contributed by atoms with Crippen LogP contribution in [0.5, 0.6) is 0 Å². The molecule has 0 bridgehead atoms. The van der Waals surface area contributed by atoms with E-state index in [0.717, 1.165) is 19.4 Å². The van der Waals surface area contributed by atoms with E-state index < -0.39 is 5.41 Å². The third-order valence-electron chi connectivity index (χ3n) is 5.13. The van der Waals surface area contributed by atoms with Crippen molar-refractivity contribution in [1.29, 1.82) is 0 Å². The fourth-order valence-corrected chi connectivity index (χ4v) is 3.28. The molecule has 1 rings (SSSR count). The van der Waals surface area contributed by atoms with Gasteiger partial charge in [0.25, 0.3) is 5.91 Å². The number of unbranched alkanes of at least 4 members (excludes halogenated alkanes) is 7. The summed E-state index contributed by atoms with van der Waals surface area (Å²) in [4.78, 5) is 24.5. The molecule has 0 unspecified atom stereocenters. The summed E-state index contributed by atoms with van der Waals surface area (Å²) in [5.74, 6) is 0.0321. The standard InChI is InChI=1S/C26H44N2O2/c1-25(2,3)23(29)21-15-17-22(18-16-21)24(30)27-19-13-11-9-7-8-10-12-14-20-28-26(4,5)6/h15-18,28H,7-14,19-20H2,1-6H3,(H,27,30). The SMILES string of the molecule is CC(C)(C)NCCCCCCCCCCNC(=O)c1ccc(C(=O)C(C)(C)C)cc1. The highest BCUT2D eigenvalue weighted by Gasteiger charge is 2.22. The molecule has 0 heterocycles. The minimum Gasteiger partial charge on any atom is -0.352 e. The molecule has 0 radical (unpaired) electrons. The van der Waals surface area contributed by atoms with Crippen molar-refractivity contribution in [3.8, 4) is 0 Å². The van der Waals surface area contributed by atoms with Crippen molar-refractivity contribution >= 4 is 11.7 Å². The molecule has 170 valence electrons. The molecule has 2 N–H and O–H groups in total. The van der Waals surface area contributed by atoms with Crippen molar-refractivity contribution in [1.82, 2.24) is 10.6 Å². The minimum atomic E-state index is -0.409. The average molecular weight is 417 g/mol. The number of benzene rings is 1. The number of carbonyl (C=O) groups excluding carboxylic acids is 2. The molecular weight excluding hydrogens is 372 g/mol. The lowest BCUT2D eigenvalue weighted by Gasteiger charge is -2.20. The van der Waals surface area contributed by atoms with Crippen molar-refractivity contribution in [3.63, 3.8) is 0 Å². The van der Waals surface area contributed by atoms with E-state index in [0.29, 0.717) is 17.7 Å². The maximum absolute atomic E-state index is 12.3. The Morgan fingerprint density at radius 1 is 0.667 bits per heavy atom. The third kappa shape index (κ3) is 11.5. The second-order valence-electron chi connectivity index (χ2n) is 10.4. The Bertz CT molecular complexity index is 636. The van der Waals surface area contributed by atoms with E-state index in [1.165, 1.54) is 38.5 Å². The van der Waals surface area contributed by atoms with Gasteiger partial charge >= 0.3 is 0 Å². The van der Waals surface area contributed by atoms with Gasteiger partial charge in [-0.15, -0.1) is 0 Å². The van der Waals surface area contributed by atoms with Gasteiger partial charge in [0.15, 0.2) is 5.78 Å². The third-order valence-corrected chi connectivity index (χ3v) is 5.13. The van der Waals surface area contributed by atoms with Gasteiger partial charge in [0.1, 0.15) is 0 Å². The molecule has 1 amide bonds. The molecule has 4 nitrogen and oxygen atoms in total. The highest BCUT2D eigenvalue weighted by atomic mass is 16.1. The number of hydrogen-bond donors (Lipinski definition) is 2. The van der Waals surface area contributed by atoms with Gasteiger partial charge < -0.3 is 10.6 Å². The van der Waals surface area contributed by atoms with Crippen LogP contribution in [0.1, 0.15) is 114 Å². The van der Waals surface area contributed by atoms with Gasteiger partial charge in [-0.2, -0.15) is 0 Å². The summed E-state index contributed by atoms with van der Waals surface area (Å²) in [6.45, 7) is 14.2. The number of nitrogens with one attached hydrogen (secondary N) is 2. The molecule has 30 heavy (non-hydrogen) atoms. The zero-order valence-electron chi connectivity index (χ0n) is 20.2. The number of amides is 1. The van der Waals surface area contributed by atoms with E-state index in [1.807, 2.05) is 20.8 Å². The first kappa shape index (κ1) is 26.4. The Morgan fingerprint density at radius 2 is 1.10 bits per heavy atom. The van der Waals surface area contributed by atoms with E-state index in [2.05, 4.69) is 31.4 Å². The lowest BCUT2D eigenvalue weighted by Crippen LogP contribution is -2.36. The van der Waals surface area contributed by atoms with Gasteiger partial charge in [0, 0.05) is 28.6 Å². The second kappa shape index (κ2) is 12.9. The molecule has 0 atom stereocenters. The molecule has 0 aliphatic carbocycles. The molecule has 0 aliphatic heterocycles. The number of rotatable bonds is 13. The molecule has 0 saturated heterocycles. The molecule has 0 aromatic heterocycles. The molecule has 0 aliphatic rings. The smallest absolute Gasteiger partial charge is 0.251 e. The first-order valence-corrected chi connectivity index (χ1v) is 11.7. The van der Waals surface area contributed by atoms with Crippen LogP contribution in [-0.4, -0.2) is 30.3 Å². The van der Waals surface area contributed by atoms with Crippen LogP contribution in [0, 0.1) is 5.41 Å². The number of carbonyl (C=O) groups is 2. The molecule has 4 heteroatoms. The minimum absolute atomic E-state index is 0.0615. The molecule has 0 spiro atoms. The average Bonchev–Trinajstić information content (AvgIpc) is 2.66. The topological polar surface area (TPSA) is 58.2 Å². The quantitative estimate of drug-likeness (QED) is 0.299. The second-order valence-corrected chi connectivity index (χ2v) is 10.4. The molecular formula is C26H44N2O2. The maximum Gasteiger partial charge on any atom is 0.251 e. The molecule has 1 aromatic rings. The fourth-order valence-electron chi connectivity index (χ4n) is 3.28. The van der Waals surface area contributed by atoms with Gasteiger partial charge in [-0.05, 0) is 52.3 Å². The predicted octanol–water partition coefficient (Wildman–Crippen LogP) is 6.15. The number of ketones is 1. The Balaban J connectivity index is 2.08. The summed E-state index contributed by atoms with van der Waals surface area (Å²) in [6, 6.07) is 6.99. The summed E-state index contributed by atoms with van der Waals surface area (Å²) in [6.07, 6.45) is 9.88. The van der Waals surface area contributed by atoms with Gasteiger partial charge in [-0.25, -0.2) is 0 Å². The van der Waals surface area contributed by atoms with E-state index in [1.54, 1.807) is 24.3 Å². The van der Waals surface area contributed by atoms with Crippen LogP contribution in [0.25, 0.3) is 0 Å². The fraction of sp³-hybridized carbons (Fsp3) is 0.692. The molecule has 0 fully saturated rings. The van der Waals surface area contributed by atoms with Gasteiger partial charge in [0.05, 0.1) is 0 Å². The van der Waals surface area contributed by atoms with E-state index in [-0.39, 0.29) is 17.2 Å². The van der Waals surface area contributed by atoms with Crippen LogP contribution in [0.4, 0.5) is 0 Å². The number of hydrogen-bond acceptors (Lipinski definition) is 3. The van der Waals surface area contributed by atoms with Crippen molar-refractivity contribution in [3.05, 3.63) is 35.4 Å². The first-order valence-electron chi connectivity index (χ1n) is 11.7. The highest BCUT2D eigenvalue weighted by Crippen LogP contribution is 2.21. The van der Waals surface area contributed by atoms with E-state index in [4.69, 9.17) is 0 Å². The highest BCUT2D eigenvalue weighted by molar-refractivity contribution is 6.01. The van der Waals surface area contributed by atoms with Crippen LogP contribution in [-0.2, 0) is 0 Å². The Labute approximate surface area is 184 Å². The van der Waals surface area contributed by atoms with E-state index in [9.17, 15) is 9.59 Å². The van der Waals surface area contributed by atoms with E-state index >= 15 is 0 Å². The normalized spacial score (nSPS) is 12.1. The van der Waals surface area contributed by atoms with Crippen molar-refractivity contribution in [2.45, 2.75) is 98.4 Å². The largest absolute Gasteiger partial charge is 0.352 e. The van der Waals surface area contributed by atoms with Crippen molar-refractivity contribution in [2.75, 3.05) is 13.1 Å². The Morgan fingerprint density at radius 3 is 1.57 bits per heavy atom. The van der Waals surface area contributed by atoms with Gasteiger partial charge in [0.2, 0.25) is 0 Å². The van der Waals surface area contributed by atoms with Gasteiger partial charge in [-0.1, -0.05) is 71.4 Å². The van der Waals surface area contributed by atoms with Crippen LogP contribution in [0.2, 0.25) is 0 Å². The lowest BCUT2D eigenvalue weighted by molar-refractivity contribution is 0.0857. The van der Waals surface area contributed by atoms with Crippen molar-refractivity contribution < 1.29 is 9.59 Å². The lowest BCUT2D eigenvalue weighted by atomic mass is 9.86. The number of Topliss-reactive ketones (excluding diaryl/α,β-unsaturated/α-hetero) is 1. The predicted molar refractivity (Wildman–Crippen MR) is 127 cm³/mol. The molecule has 0 saturated carbocycles. The van der Waals surface area contributed by atoms with Crippen molar-refractivity contribution in [2.24, 2.45) is 5.41 Å². The van der Waals surface area contributed by atoms with Gasteiger partial charge in [-0.3, -0.25) is 9.59 Å².